The Labute approximate surface area is 160 Å². The standard InChI is InChI=1S/C19H17ClN4O3/c1-11(25)22-16-9-14(7-8-17(16)27-2)23-19(26)15-10-21-24-18(15)12-3-5-13(20)6-4-12/h3-10H,1-2H3,(H,21,24)(H,22,25)(H,23,26). The number of halogens is 1. The zero-order valence-corrected chi connectivity index (χ0v) is 15.4. The summed E-state index contributed by atoms with van der Waals surface area (Å²) in [6.07, 6.45) is 1.46. The molecule has 3 N–H and O–H groups in total. The average Bonchev–Trinajstić information content (AvgIpc) is 3.12. The van der Waals surface area contributed by atoms with Gasteiger partial charge in [0.1, 0.15) is 5.75 Å². The number of rotatable bonds is 5. The number of benzene rings is 2. The largest absolute Gasteiger partial charge is 0.495 e. The number of methoxy groups -OCH3 is 1. The fourth-order valence-electron chi connectivity index (χ4n) is 2.57. The highest BCUT2D eigenvalue weighted by Gasteiger charge is 2.16. The van der Waals surface area contributed by atoms with Gasteiger partial charge in [-0.1, -0.05) is 23.7 Å². The molecule has 2 amide bonds. The second kappa shape index (κ2) is 7.92. The first-order valence-electron chi connectivity index (χ1n) is 8.04. The Bertz CT molecular complexity index is 983. The van der Waals surface area contributed by atoms with Gasteiger partial charge in [0.2, 0.25) is 5.91 Å². The molecule has 0 saturated carbocycles. The molecular weight excluding hydrogens is 368 g/mol. The number of amides is 2. The molecule has 0 radical (unpaired) electrons. The van der Waals surface area contributed by atoms with Crippen LogP contribution in [0, 0.1) is 0 Å². The molecule has 8 heteroatoms. The molecule has 0 aliphatic carbocycles. The molecule has 1 aromatic heterocycles. The number of nitrogens with one attached hydrogen (secondary N) is 3. The van der Waals surface area contributed by atoms with E-state index in [1.54, 1.807) is 42.5 Å². The minimum absolute atomic E-state index is 0.239. The van der Waals surface area contributed by atoms with Crippen molar-refractivity contribution in [1.82, 2.24) is 10.2 Å². The van der Waals surface area contributed by atoms with Crippen LogP contribution in [0.2, 0.25) is 5.02 Å². The van der Waals surface area contributed by atoms with Gasteiger partial charge in [0, 0.05) is 23.2 Å². The summed E-state index contributed by atoms with van der Waals surface area (Å²) in [7, 11) is 1.50. The summed E-state index contributed by atoms with van der Waals surface area (Å²) >= 11 is 5.91. The van der Waals surface area contributed by atoms with E-state index in [2.05, 4.69) is 20.8 Å². The number of carbonyl (C=O) groups excluding carboxylic acids is 2. The van der Waals surface area contributed by atoms with Crippen LogP contribution in [0.1, 0.15) is 17.3 Å². The van der Waals surface area contributed by atoms with Gasteiger partial charge in [-0.25, -0.2) is 0 Å². The molecule has 0 fully saturated rings. The summed E-state index contributed by atoms with van der Waals surface area (Å²) in [5.41, 5.74) is 2.73. The number of hydrogen-bond acceptors (Lipinski definition) is 4. The predicted molar refractivity (Wildman–Crippen MR) is 104 cm³/mol. The van der Waals surface area contributed by atoms with Crippen LogP contribution in [0.25, 0.3) is 11.3 Å². The van der Waals surface area contributed by atoms with Crippen molar-refractivity contribution in [1.29, 1.82) is 0 Å². The fourth-order valence-corrected chi connectivity index (χ4v) is 2.69. The van der Waals surface area contributed by atoms with Crippen molar-refractivity contribution in [3.05, 3.63) is 59.2 Å². The first-order chi connectivity index (χ1) is 13.0. The molecule has 3 aromatic rings. The third-order valence-corrected chi connectivity index (χ3v) is 4.04. The maximum Gasteiger partial charge on any atom is 0.259 e. The van der Waals surface area contributed by atoms with Crippen LogP contribution < -0.4 is 15.4 Å². The quantitative estimate of drug-likeness (QED) is 0.620. The molecule has 3 rings (SSSR count). The maximum atomic E-state index is 12.7. The van der Waals surface area contributed by atoms with Gasteiger partial charge in [-0.05, 0) is 30.3 Å². The molecule has 0 aliphatic rings. The number of anilines is 2. The number of nitrogens with zero attached hydrogens (tertiary/aromatic N) is 1. The Morgan fingerprint density at radius 3 is 2.52 bits per heavy atom. The lowest BCUT2D eigenvalue weighted by atomic mass is 10.1. The lowest BCUT2D eigenvalue weighted by Gasteiger charge is -2.12. The number of ether oxygens (including phenoxy) is 1. The Hall–Kier alpha value is -3.32. The van der Waals surface area contributed by atoms with Crippen LogP contribution in [0.3, 0.4) is 0 Å². The maximum absolute atomic E-state index is 12.7. The lowest BCUT2D eigenvalue weighted by molar-refractivity contribution is -0.114. The van der Waals surface area contributed by atoms with E-state index in [9.17, 15) is 9.59 Å². The zero-order valence-electron chi connectivity index (χ0n) is 14.7. The van der Waals surface area contributed by atoms with Crippen molar-refractivity contribution in [2.45, 2.75) is 6.92 Å². The first-order valence-corrected chi connectivity index (χ1v) is 8.42. The Balaban J connectivity index is 1.85. The summed E-state index contributed by atoms with van der Waals surface area (Å²) in [6, 6.07) is 12.1. The van der Waals surface area contributed by atoms with Gasteiger partial charge in [-0.3, -0.25) is 14.7 Å². The van der Waals surface area contributed by atoms with Crippen molar-refractivity contribution >= 4 is 34.8 Å². The van der Waals surface area contributed by atoms with Gasteiger partial charge >= 0.3 is 0 Å². The van der Waals surface area contributed by atoms with Crippen LogP contribution in [-0.4, -0.2) is 29.1 Å². The van der Waals surface area contributed by atoms with Crippen molar-refractivity contribution in [3.63, 3.8) is 0 Å². The third kappa shape index (κ3) is 4.27. The van der Waals surface area contributed by atoms with Crippen LogP contribution >= 0.6 is 11.6 Å². The normalized spacial score (nSPS) is 10.3. The van der Waals surface area contributed by atoms with Gasteiger partial charge in [0.05, 0.1) is 30.3 Å². The van der Waals surface area contributed by atoms with Gasteiger partial charge in [-0.2, -0.15) is 5.10 Å². The van der Waals surface area contributed by atoms with Gasteiger partial charge < -0.3 is 15.4 Å². The van der Waals surface area contributed by atoms with Crippen LogP contribution in [0.5, 0.6) is 5.75 Å². The monoisotopic (exact) mass is 384 g/mol. The topological polar surface area (TPSA) is 96.1 Å². The molecule has 0 atom stereocenters. The van der Waals surface area contributed by atoms with E-state index in [1.807, 2.05) is 0 Å². The van der Waals surface area contributed by atoms with E-state index in [4.69, 9.17) is 16.3 Å². The molecular formula is C19H17ClN4O3. The molecule has 0 aliphatic heterocycles. The van der Waals surface area contributed by atoms with Crippen molar-refractivity contribution in [2.24, 2.45) is 0 Å². The Morgan fingerprint density at radius 2 is 1.85 bits per heavy atom. The van der Waals surface area contributed by atoms with E-state index < -0.39 is 0 Å². The first kappa shape index (κ1) is 18.5. The van der Waals surface area contributed by atoms with E-state index >= 15 is 0 Å². The van der Waals surface area contributed by atoms with Crippen LogP contribution in [0.4, 0.5) is 11.4 Å². The van der Waals surface area contributed by atoms with Crippen molar-refractivity contribution in [2.75, 3.05) is 17.7 Å². The number of carbonyl (C=O) groups is 2. The molecule has 7 nitrogen and oxygen atoms in total. The number of hydrogen-bond donors (Lipinski definition) is 3. The highest BCUT2D eigenvalue weighted by molar-refractivity contribution is 6.30. The number of H-pyrrole nitrogens is 1. The molecule has 1 heterocycles. The minimum atomic E-state index is -0.340. The molecule has 0 spiro atoms. The van der Waals surface area contributed by atoms with Crippen molar-refractivity contribution < 1.29 is 14.3 Å². The smallest absolute Gasteiger partial charge is 0.259 e. The van der Waals surface area contributed by atoms with E-state index in [-0.39, 0.29) is 11.8 Å². The van der Waals surface area contributed by atoms with Crippen LogP contribution in [-0.2, 0) is 4.79 Å². The summed E-state index contributed by atoms with van der Waals surface area (Å²) in [5, 5.41) is 12.9. The lowest BCUT2D eigenvalue weighted by Crippen LogP contribution is -2.13. The van der Waals surface area contributed by atoms with E-state index in [0.717, 1.165) is 5.56 Å². The molecule has 138 valence electrons. The van der Waals surface area contributed by atoms with Gasteiger partial charge in [0.15, 0.2) is 0 Å². The van der Waals surface area contributed by atoms with Gasteiger partial charge in [-0.15, -0.1) is 0 Å². The zero-order chi connectivity index (χ0) is 19.4. The molecule has 27 heavy (non-hydrogen) atoms. The fraction of sp³-hybridized carbons (Fsp3) is 0.105. The van der Waals surface area contributed by atoms with Crippen molar-refractivity contribution in [3.8, 4) is 17.0 Å². The SMILES string of the molecule is COc1ccc(NC(=O)c2cn[nH]c2-c2ccc(Cl)cc2)cc1NC(C)=O. The van der Waals surface area contributed by atoms with Crippen LogP contribution in [0.15, 0.2) is 48.7 Å². The summed E-state index contributed by atoms with van der Waals surface area (Å²) in [6.45, 7) is 1.40. The Kier molecular flexibility index (Phi) is 5.42. The van der Waals surface area contributed by atoms with Gasteiger partial charge in [0.25, 0.3) is 5.91 Å². The molecule has 0 bridgehead atoms. The summed E-state index contributed by atoms with van der Waals surface area (Å²) in [5.74, 6) is -0.0855. The number of aromatic amines is 1. The second-order valence-electron chi connectivity index (χ2n) is 5.72. The third-order valence-electron chi connectivity index (χ3n) is 3.78. The minimum Gasteiger partial charge on any atom is -0.495 e. The molecule has 0 unspecified atom stereocenters. The molecule has 0 saturated heterocycles. The molecule has 2 aromatic carbocycles. The second-order valence-corrected chi connectivity index (χ2v) is 6.15. The van der Waals surface area contributed by atoms with E-state index in [1.165, 1.54) is 20.2 Å². The number of aromatic nitrogens is 2. The highest BCUT2D eigenvalue weighted by atomic mass is 35.5. The summed E-state index contributed by atoms with van der Waals surface area (Å²) in [4.78, 5) is 24.1. The predicted octanol–water partition coefficient (Wildman–Crippen LogP) is 3.95. The Morgan fingerprint density at radius 1 is 1.11 bits per heavy atom. The summed E-state index contributed by atoms with van der Waals surface area (Å²) < 4.78 is 5.21. The average molecular weight is 385 g/mol. The highest BCUT2D eigenvalue weighted by Crippen LogP contribution is 2.29. The van der Waals surface area contributed by atoms with E-state index in [0.29, 0.717) is 33.4 Å².